The molecule has 0 radical (unpaired) electrons. The van der Waals surface area contributed by atoms with Crippen molar-refractivity contribution in [2.75, 3.05) is 6.61 Å². The van der Waals surface area contributed by atoms with Crippen LogP contribution in [0.2, 0.25) is 0 Å². The van der Waals surface area contributed by atoms with E-state index in [2.05, 4.69) is 10.6 Å². The molecule has 0 aromatic heterocycles. The van der Waals surface area contributed by atoms with E-state index in [1.165, 1.54) is 12.1 Å². The fraction of sp³-hybridized carbons (Fsp3) is 0.350. The van der Waals surface area contributed by atoms with Gasteiger partial charge in [0.2, 0.25) is 0 Å². The van der Waals surface area contributed by atoms with Gasteiger partial charge in [0.15, 0.2) is 6.23 Å². The Kier molecular flexibility index (Phi) is 6.72. The van der Waals surface area contributed by atoms with Crippen molar-refractivity contribution in [2.45, 2.75) is 40.0 Å². The van der Waals surface area contributed by atoms with Crippen molar-refractivity contribution in [1.82, 2.24) is 10.6 Å². The maximum Gasteiger partial charge on any atom is 0.318 e. The first kappa shape index (κ1) is 19.4. The lowest BCUT2D eigenvalue weighted by Crippen LogP contribution is -2.44. The van der Waals surface area contributed by atoms with Gasteiger partial charge in [-0.2, -0.15) is 0 Å². The SMILES string of the molecule is CCOc1ccc(C)cc1C(C)NC(=O)NC(C)Oc1ccc(O)cc1. The standard InChI is InChI=1S/C20H26N2O4/c1-5-25-19-11-6-13(2)12-18(19)14(3)21-20(24)22-15(4)26-17-9-7-16(23)8-10-17/h6-12,14-15,23H,5H2,1-4H3,(H2,21,22,24). The number of phenolic OH excluding ortho intramolecular Hbond substituents is 1. The largest absolute Gasteiger partial charge is 0.508 e. The molecular weight excluding hydrogens is 332 g/mol. The zero-order chi connectivity index (χ0) is 19.1. The van der Waals surface area contributed by atoms with Gasteiger partial charge in [-0.15, -0.1) is 0 Å². The van der Waals surface area contributed by atoms with Gasteiger partial charge in [-0.1, -0.05) is 17.7 Å². The van der Waals surface area contributed by atoms with E-state index in [-0.39, 0.29) is 17.8 Å². The number of carbonyl (C=O) groups is 1. The van der Waals surface area contributed by atoms with Gasteiger partial charge in [-0.25, -0.2) is 4.79 Å². The molecule has 2 amide bonds. The number of carbonyl (C=O) groups excluding carboxylic acids is 1. The van der Waals surface area contributed by atoms with Crippen LogP contribution in [0.4, 0.5) is 4.79 Å². The molecule has 0 saturated carbocycles. The number of urea groups is 1. The highest BCUT2D eigenvalue weighted by molar-refractivity contribution is 5.74. The van der Waals surface area contributed by atoms with Gasteiger partial charge in [-0.3, -0.25) is 0 Å². The third-order valence-corrected chi connectivity index (χ3v) is 3.76. The minimum absolute atomic E-state index is 0.160. The van der Waals surface area contributed by atoms with Crippen molar-refractivity contribution in [1.29, 1.82) is 0 Å². The number of amides is 2. The summed E-state index contributed by atoms with van der Waals surface area (Å²) in [7, 11) is 0. The third kappa shape index (κ3) is 5.58. The van der Waals surface area contributed by atoms with Crippen molar-refractivity contribution in [3.63, 3.8) is 0 Å². The number of nitrogens with one attached hydrogen (secondary N) is 2. The summed E-state index contributed by atoms with van der Waals surface area (Å²) in [4.78, 5) is 12.3. The number of hydrogen-bond acceptors (Lipinski definition) is 4. The Hall–Kier alpha value is -2.89. The van der Waals surface area contributed by atoms with E-state index < -0.39 is 6.23 Å². The zero-order valence-corrected chi connectivity index (χ0v) is 15.6. The van der Waals surface area contributed by atoms with Crippen LogP contribution in [0.5, 0.6) is 17.2 Å². The minimum atomic E-state index is -0.532. The lowest BCUT2D eigenvalue weighted by molar-refractivity contribution is 0.175. The summed E-state index contributed by atoms with van der Waals surface area (Å²) < 4.78 is 11.2. The van der Waals surface area contributed by atoms with Gasteiger partial charge in [0.1, 0.15) is 17.2 Å². The van der Waals surface area contributed by atoms with E-state index in [0.29, 0.717) is 12.4 Å². The Bertz CT molecular complexity index is 731. The van der Waals surface area contributed by atoms with Gasteiger partial charge in [0, 0.05) is 5.56 Å². The van der Waals surface area contributed by atoms with Crippen LogP contribution in [0.1, 0.15) is 37.9 Å². The molecule has 0 spiro atoms. The maximum atomic E-state index is 12.3. The first-order chi connectivity index (χ1) is 12.4. The van der Waals surface area contributed by atoms with Gasteiger partial charge in [0.25, 0.3) is 0 Å². The molecule has 26 heavy (non-hydrogen) atoms. The van der Waals surface area contributed by atoms with Crippen LogP contribution in [0, 0.1) is 6.92 Å². The number of phenols is 1. The molecule has 2 aromatic carbocycles. The molecule has 0 aliphatic carbocycles. The monoisotopic (exact) mass is 358 g/mol. The van der Waals surface area contributed by atoms with Crippen molar-refractivity contribution in [3.05, 3.63) is 53.6 Å². The topological polar surface area (TPSA) is 79.8 Å². The predicted molar refractivity (Wildman–Crippen MR) is 101 cm³/mol. The average molecular weight is 358 g/mol. The summed E-state index contributed by atoms with van der Waals surface area (Å²) in [5.41, 5.74) is 2.02. The molecule has 6 heteroatoms. The molecule has 2 aromatic rings. The van der Waals surface area contributed by atoms with E-state index in [4.69, 9.17) is 9.47 Å². The molecule has 0 saturated heterocycles. The predicted octanol–water partition coefficient (Wildman–Crippen LogP) is 3.88. The number of rotatable bonds is 7. The van der Waals surface area contributed by atoms with Crippen LogP contribution in [0.15, 0.2) is 42.5 Å². The second-order valence-electron chi connectivity index (χ2n) is 6.07. The van der Waals surface area contributed by atoms with Gasteiger partial charge >= 0.3 is 6.03 Å². The molecule has 0 fully saturated rings. The quantitative estimate of drug-likeness (QED) is 0.656. The highest BCUT2D eigenvalue weighted by Gasteiger charge is 2.16. The van der Waals surface area contributed by atoms with Crippen LogP contribution in [0.25, 0.3) is 0 Å². The molecule has 2 unspecified atom stereocenters. The molecule has 140 valence electrons. The first-order valence-electron chi connectivity index (χ1n) is 8.65. The van der Waals surface area contributed by atoms with Crippen LogP contribution in [0.3, 0.4) is 0 Å². The van der Waals surface area contributed by atoms with Crippen LogP contribution in [-0.2, 0) is 0 Å². The fourth-order valence-corrected chi connectivity index (χ4v) is 2.55. The Morgan fingerprint density at radius 2 is 1.81 bits per heavy atom. The summed E-state index contributed by atoms with van der Waals surface area (Å²) >= 11 is 0. The molecule has 0 heterocycles. The fourth-order valence-electron chi connectivity index (χ4n) is 2.55. The summed E-state index contributed by atoms with van der Waals surface area (Å²) in [6.45, 7) is 8.13. The van der Waals surface area contributed by atoms with Gasteiger partial charge in [-0.05, 0) is 58.0 Å². The summed E-state index contributed by atoms with van der Waals surface area (Å²) in [5.74, 6) is 1.48. The normalized spacial score (nSPS) is 12.8. The van der Waals surface area contributed by atoms with Gasteiger partial charge < -0.3 is 25.2 Å². The average Bonchev–Trinajstić information content (AvgIpc) is 2.58. The third-order valence-electron chi connectivity index (χ3n) is 3.76. The first-order valence-corrected chi connectivity index (χ1v) is 8.65. The molecule has 6 nitrogen and oxygen atoms in total. The molecular formula is C20H26N2O4. The highest BCUT2D eigenvalue weighted by Crippen LogP contribution is 2.26. The van der Waals surface area contributed by atoms with Gasteiger partial charge in [0.05, 0.1) is 12.6 Å². The lowest BCUT2D eigenvalue weighted by Gasteiger charge is -2.21. The lowest BCUT2D eigenvalue weighted by atomic mass is 10.0. The summed E-state index contributed by atoms with van der Waals surface area (Å²) in [6, 6.07) is 11.7. The van der Waals surface area contributed by atoms with Crippen molar-refractivity contribution < 1.29 is 19.4 Å². The maximum absolute atomic E-state index is 12.3. The molecule has 0 aliphatic heterocycles. The molecule has 2 atom stereocenters. The summed E-state index contributed by atoms with van der Waals surface area (Å²) in [6.07, 6.45) is -0.532. The Morgan fingerprint density at radius 3 is 2.46 bits per heavy atom. The van der Waals surface area contributed by atoms with Crippen LogP contribution in [-0.4, -0.2) is 24.0 Å². The van der Waals surface area contributed by atoms with E-state index in [1.807, 2.05) is 39.0 Å². The van der Waals surface area contributed by atoms with Crippen molar-refractivity contribution >= 4 is 6.03 Å². The van der Waals surface area contributed by atoms with E-state index >= 15 is 0 Å². The van der Waals surface area contributed by atoms with Crippen molar-refractivity contribution in [3.8, 4) is 17.2 Å². The minimum Gasteiger partial charge on any atom is -0.508 e. The summed E-state index contributed by atoms with van der Waals surface area (Å²) in [5, 5.41) is 14.9. The Labute approximate surface area is 154 Å². The molecule has 0 aliphatic rings. The van der Waals surface area contributed by atoms with Crippen LogP contribution >= 0.6 is 0 Å². The smallest absolute Gasteiger partial charge is 0.318 e. The van der Waals surface area contributed by atoms with Crippen molar-refractivity contribution in [2.24, 2.45) is 0 Å². The number of aromatic hydroxyl groups is 1. The molecule has 3 N–H and O–H groups in total. The molecule has 2 rings (SSSR count). The Morgan fingerprint density at radius 1 is 1.12 bits per heavy atom. The Balaban J connectivity index is 1.94. The van der Waals surface area contributed by atoms with E-state index in [0.717, 1.165) is 16.9 Å². The highest BCUT2D eigenvalue weighted by atomic mass is 16.5. The number of hydrogen-bond donors (Lipinski definition) is 3. The number of benzene rings is 2. The van der Waals surface area contributed by atoms with Crippen LogP contribution < -0.4 is 20.1 Å². The van der Waals surface area contributed by atoms with E-state index in [9.17, 15) is 9.90 Å². The second kappa shape index (κ2) is 8.99. The zero-order valence-electron chi connectivity index (χ0n) is 15.6. The number of ether oxygens (including phenoxy) is 2. The number of aryl methyl sites for hydroxylation is 1. The van der Waals surface area contributed by atoms with E-state index in [1.54, 1.807) is 19.1 Å². The molecule has 0 bridgehead atoms. The second-order valence-corrected chi connectivity index (χ2v) is 6.07.